The van der Waals surface area contributed by atoms with Gasteiger partial charge in [0.05, 0.1) is 0 Å². The molecular weight excluding hydrogens is 148 g/mol. The molecule has 0 aliphatic heterocycles. The van der Waals surface area contributed by atoms with E-state index in [2.05, 4.69) is 6.58 Å². The Morgan fingerprint density at radius 3 is 2.42 bits per heavy atom. The molecule has 12 heavy (non-hydrogen) atoms. The summed E-state index contributed by atoms with van der Waals surface area (Å²) in [6.07, 6.45) is 4.14. The first kappa shape index (κ1) is 8.47. The van der Waals surface area contributed by atoms with Crippen LogP contribution in [-0.4, -0.2) is 6.29 Å². The van der Waals surface area contributed by atoms with E-state index >= 15 is 0 Å². The van der Waals surface area contributed by atoms with Gasteiger partial charge in [-0.05, 0) is 5.56 Å². The third-order valence-electron chi connectivity index (χ3n) is 1.53. The second kappa shape index (κ2) is 4.29. The van der Waals surface area contributed by atoms with E-state index in [4.69, 9.17) is 0 Å². The van der Waals surface area contributed by atoms with Crippen LogP contribution in [0.15, 0.2) is 49.1 Å². The average Bonchev–Trinajstić information content (AvgIpc) is 2.15. The van der Waals surface area contributed by atoms with Crippen molar-refractivity contribution in [1.29, 1.82) is 0 Å². The molecule has 1 aromatic rings. The van der Waals surface area contributed by atoms with E-state index in [0.717, 1.165) is 11.8 Å². The van der Waals surface area contributed by atoms with E-state index < -0.39 is 0 Å². The zero-order chi connectivity index (χ0) is 8.81. The topological polar surface area (TPSA) is 17.1 Å². The van der Waals surface area contributed by atoms with Crippen LogP contribution in [0, 0.1) is 0 Å². The van der Waals surface area contributed by atoms with Crippen LogP contribution in [-0.2, 0) is 4.79 Å². The molecule has 0 fully saturated rings. The van der Waals surface area contributed by atoms with Gasteiger partial charge in [-0.2, -0.15) is 0 Å². The predicted octanol–water partition coefficient (Wildman–Crippen LogP) is 2.45. The van der Waals surface area contributed by atoms with Crippen molar-refractivity contribution < 1.29 is 4.79 Å². The lowest BCUT2D eigenvalue weighted by molar-refractivity contribution is -0.103. The van der Waals surface area contributed by atoms with Gasteiger partial charge in [-0.15, -0.1) is 0 Å². The molecule has 0 aromatic heterocycles. The molecule has 0 saturated carbocycles. The van der Waals surface area contributed by atoms with Gasteiger partial charge < -0.3 is 0 Å². The Labute approximate surface area is 72.0 Å². The fourth-order valence-corrected chi connectivity index (χ4v) is 0.961. The van der Waals surface area contributed by atoms with Gasteiger partial charge in [0.1, 0.15) is 0 Å². The zero-order valence-corrected chi connectivity index (χ0v) is 6.73. The first-order valence-corrected chi connectivity index (χ1v) is 3.72. The van der Waals surface area contributed by atoms with E-state index in [0.29, 0.717) is 5.57 Å². The van der Waals surface area contributed by atoms with Gasteiger partial charge in [-0.1, -0.05) is 49.1 Å². The summed E-state index contributed by atoms with van der Waals surface area (Å²) in [4.78, 5) is 10.6. The molecule has 0 bridgehead atoms. The highest BCUT2D eigenvalue weighted by Crippen LogP contribution is 2.10. The number of allylic oxidation sites excluding steroid dienone is 3. The number of carbonyl (C=O) groups excluding carboxylic acids is 1. The molecular formula is C11H10O. The predicted molar refractivity (Wildman–Crippen MR) is 50.7 cm³/mol. The largest absolute Gasteiger partial charge is 0.298 e. The van der Waals surface area contributed by atoms with E-state index in [1.54, 1.807) is 12.2 Å². The highest BCUT2D eigenvalue weighted by atomic mass is 16.1. The quantitative estimate of drug-likeness (QED) is 0.375. The number of hydrogen-bond acceptors (Lipinski definition) is 1. The third kappa shape index (κ3) is 1.92. The van der Waals surface area contributed by atoms with Crippen LogP contribution >= 0.6 is 0 Å². The first-order chi connectivity index (χ1) is 5.88. The van der Waals surface area contributed by atoms with Crippen molar-refractivity contribution in [1.82, 2.24) is 0 Å². The molecule has 0 saturated heterocycles. The molecule has 0 aliphatic rings. The maximum Gasteiger partial charge on any atom is 0.150 e. The molecule has 0 aliphatic carbocycles. The van der Waals surface area contributed by atoms with Gasteiger partial charge in [0.25, 0.3) is 0 Å². The Morgan fingerprint density at radius 2 is 1.92 bits per heavy atom. The first-order valence-electron chi connectivity index (χ1n) is 3.72. The smallest absolute Gasteiger partial charge is 0.150 e. The molecule has 0 radical (unpaired) electrons. The summed E-state index contributed by atoms with van der Waals surface area (Å²) in [5.41, 5.74) is 1.58. The molecule has 0 unspecified atom stereocenters. The molecule has 0 N–H and O–H groups in total. The van der Waals surface area contributed by atoms with Gasteiger partial charge in [0.2, 0.25) is 0 Å². The van der Waals surface area contributed by atoms with Gasteiger partial charge in [0, 0.05) is 5.57 Å². The number of carbonyl (C=O) groups is 1. The number of aldehydes is 1. The van der Waals surface area contributed by atoms with Crippen molar-refractivity contribution in [3.63, 3.8) is 0 Å². The lowest BCUT2D eigenvalue weighted by Gasteiger charge is -1.96. The highest BCUT2D eigenvalue weighted by molar-refractivity contribution is 6.07. The molecule has 1 rings (SSSR count). The average molecular weight is 158 g/mol. The van der Waals surface area contributed by atoms with Crippen molar-refractivity contribution in [2.24, 2.45) is 0 Å². The van der Waals surface area contributed by atoms with Crippen LogP contribution in [0.1, 0.15) is 5.56 Å². The van der Waals surface area contributed by atoms with Gasteiger partial charge in [-0.3, -0.25) is 4.79 Å². The summed E-state index contributed by atoms with van der Waals surface area (Å²) in [5, 5.41) is 0. The Balaban J connectivity index is 3.03. The fourth-order valence-electron chi connectivity index (χ4n) is 0.961. The Bertz CT molecular complexity index is 296. The SMILES string of the molecule is C=C/C=C(/C=O)c1ccccc1. The second-order valence-corrected chi connectivity index (χ2v) is 2.34. The summed E-state index contributed by atoms with van der Waals surface area (Å²) >= 11 is 0. The van der Waals surface area contributed by atoms with E-state index in [-0.39, 0.29) is 0 Å². The summed E-state index contributed by atoms with van der Waals surface area (Å²) in [6, 6.07) is 9.50. The van der Waals surface area contributed by atoms with Crippen molar-refractivity contribution in [3.8, 4) is 0 Å². The molecule has 0 atom stereocenters. The summed E-state index contributed by atoms with van der Waals surface area (Å²) in [6.45, 7) is 3.54. The summed E-state index contributed by atoms with van der Waals surface area (Å²) in [7, 11) is 0. The number of rotatable bonds is 3. The Hall–Kier alpha value is -1.63. The van der Waals surface area contributed by atoms with Crippen LogP contribution in [0.2, 0.25) is 0 Å². The minimum Gasteiger partial charge on any atom is -0.298 e. The van der Waals surface area contributed by atoms with Crippen LogP contribution < -0.4 is 0 Å². The normalized spacial score (nSPS) is 10.8. The molecule has 0 spiro atoms. The monoisotopic (exact) mass is 158 g/mol. The maximum absolute atomic E-state index is 10.6. The van der Waals surface area contributed by atoms with Crippen LogP contribution in [0.5, 0.6) is 0 Å². The lowest BCUT2D eigenvalue weighted by atomic mass is 10.1. The van der Waals surface area contributed by atoms with E-state index in [1.807, 2.05) is 30.3 Å². The van der Waals surface area contributed by atoms with Gasteiger partial charge >= 0.3 is 0 Å². The fraction of sp³-hybridized carbons (Fsp3) is 0. The molecule has 60 valence electrons. The van der Waals surface area contributed by atoms with Crippen molar-refractivity contribution >= 4 is 11.9 Å². The van der Waals surface area contributed by atoms with Gasteiger partial charge in [-0.25, -0.2) is 0 Å². The third-order valence-corrected chi connectivity index (χ3v) is 1.53. The van der Waals surface area contributed by atoms with Crippen LogP contribution in [0.25, 0.3) is 5.57 Å². The van der Waals surface area contributed by atoms with E-state index in [1.165, 1.54) is 0 Å². The standard InChI is InChI=1S/C11H10O/c1-2-6-11(9-12)10-7-4-3-5-8-10/h2-9H,1H2/b11-6-. The number of benzene rings is 1. The highest BCUT2D eigenvalue weighted by Gasteiger charge is 1.95. The Morgan fingerprint density at radius 1 is 1.25 bits per heavy atom. The summed E-state index contributed by atoms with van der Waals surface area (Å²) in [5.74, 6) is 0. The van der Waals surface area contributed by atoms with Crippen LogP contribution in [0.3, 0.4) is 0 Å². The molecule has 1 heteroatoms. The van der Waals surface area contributed by atoms with Gasteiger partial charge in [0.15, 0.2) is 6.29 Å². The summed E-state index contributed by atoms with van der Waals surface area (Å²) < 4.78 is 0. The zero-order valence-electron chi connectivity index (χ0n) is 6.73. The van der Waals surface area contributed by atoms with E-state index in [9.17, 15) is 4.79 Å². The minimum absolute atomic E-state index is 0.658. The lowest BCUT2D eigenvalue weighted by Crippen LogP contribution is -1.83. The van der Waals surface area contributed by atoms with Crippen LogP contribution in [0.4, 0.5) is 0 Å². The van der Waals surface area contributed by atoms with Crippen molar-refractivity contribution in [2.45, 2.75) is 0 Å². The Kier molecular flexibility index (Phi) is 3.03. The van der Waals surface area contributed by atoms with Crippen molar-refractivity contribution in [2.75, 3.05) is 0 Å². The maximum atomic E-state index is 10.6. The molecule has 0 heterocycles. The molecule has 0 amide bonds. The minimum atomic E-state index is 0.658. The molecule has 1 nitrogen and oxygen atoms in total. The van der Waals surface area contributed by atoms with Crippen molar-refractivity contribution in [3.05, 3.63) is 54.6 Å². The molecule has 1 aromatic carbocycles. The second-order valence-electron chi connectivity index (χ2n) is 2.34. The number of hydrogen-bond donors (Lipinski definition) is 0.